The summed E-state index contributed by atoms with van der Waals surface area (Å²) in [5, 5.41) is 11.2. The second-order valence-electron chi connectivity index (χ2n) is 9.08. The van der Waals surface area contributed by atoms with Crippen molar-refractivity contribution in [2.45, 2.75) is 32.2 Å². The van der Waals surface area contributed by atoms with Gasteiger partial charge < -0.3 is 19.5 Å². The van der Waals surface area contributed by atoms with Crippen LogP contribution in [0.25, 0.3) is 5.76 Å². The van der Waals surface area contributed by atoms with Crippen LogP contribution in [0.4, 0.5) is 0 Å². The van der Waals surface area contributed by atoms with Crippen LogP contribution in [0.5, 0.6) is 5.75 Å². The van der Waals surface area contributed by atoms with Gasteiger partial charge in [-0.3, -0.25) is 14.5 Å². The van der Waals surface area contributed by atoms with Crippen molar-refractivity contribution in [3.8, 4) is 5.75 Å². The van der Waals surface area contributed by atoms with Crippen LogP contribution in [0, 0.1) is 0 Å². The van der Waals surface area contributed by atoms with E-state index in [1.54, 1.807) is 29.2 Å². The fourth-order valence-corrected chi connectivity index (χ4v) is 4.85. The average Bonchev–Trinajstić information content (AvgIpc) is 3.15. The lowest BCUT2D eigenvalue weighted by Crippen LogP contribution is -2.38. The number of morpholine rings is 1. The minimum absolute atomic E-state index is 0.119. The standard InChI is InChI=1S/C28H33BrN2O5/c1-2-3-17-36-23-11-7-20(8-12-23)25-24(26(32)21-5-9-22(29)10-6-21)27(33)28(34)31(25)14-4-13-30-15-18-35-19-16-30/h5-12,25,32H,2-4,13-19H2,1H3. The smallest absolute Gasteiger partial charge is 0.295 e. The van der Waals surface area contributed by atoms with Gasteiger partial charge in [0.2, 0.25) is 0 Å². The lowest BCUT2D eigenvalue weighted by Gasteiger charge is -2.29. The summed E-state index contributed by atoms with van der Waals surface area (Å²) in [6.45, 7) is 7.14. The lowest BCUT2D eigenvalue weighted by atomic mass is 9.95. The average molecular weight is 557 g/mol. The maximum Gasteiger partial charge on any atom is 0.295 e. The number of aliphatic hydroxyl groups excluding tert-OH is 1. The van der Waals surface area contributed by atoms with Gasteiger partial charge >= 0.3 is 0 Å². The van der Waals surface area contributed by atoms with Crippen molar-refractivity contribution in [3.63, 3.8) is 0 Å². The molecule has 0 bridgehead atoms. The van der Waals surface area contributed by atoms with Gasteiger partial charge in [-0.05, 0) is 42.7 Å². The predicted molar refractivity (Wildman–Crippen MR) is 142 cm³/mol. The van der Waals surface area contributed by atoms with Crippen LogP contribution in [-0.4, -0.2) is 72.6 Å². The number of aliphatic hydroxyl groups is 1. The van der Waals surface area contributed by atoms with Crippen LogP contribution in [-0.2, 0) is 14.3 Å². The molecule has 2 fully saturated rings. The van der Waals surface area contributed by atoms with Gasteiger partial charge in [-0.15, -0.1) is 0 Å². The van der Waals surface area contributed by atoms with Crippen molar-refractivity contribution in [2.75, 3.05) is 46.0 Å². The zero-order valence-electron chi connectivity index (χ0n) is 20.6. The molecule has 36 heavy (non-hydrogen) atoms. The minimum atomic E-state index is -0.664. The summed E-state index contributed by atoms with van der Waals surface area (Å²) in [5.41, 5.74) is 1.38. The molecule has 2 aromatic rings. The molecule has 2 heterocycles. The fourth-order valence-electron chi connectivity index (χ4n) is 4.59. The quantitative estimate of drug-likeness (QED) is 0.196. The summed E-state index contributed by atoms with van der Waals surface area (Å²) in [6.07, 6.45) is 2.74. The Balaban J connectivity index is 1.62. The summed E-state index contributed by atoms with van der Waals surface area (Å²) in [5.74, 6) is -0.659. The topological polar surface area (TPSA) is 79.3 Å². The number of carbonyl (C=O) groups is 2. The van der Waals surface area contributed by atoms with E-state index in [-0.39, 0.29) is 11.3 Å². The molecule has 4 rings (SSSR count). The Hall–Kier alpha value is -2.68. The summed E-state index contributed by atoms with van der Waals surface area (Å²) in [4.78, 5) is 30.3. The van der Waals surface area contributed by atoms with Gasteiger partial charge in [0.1, 0.15) is 11.5 Å². The summed E-state index contributed by atoms with van der Waals surface area (Å²) < 4.78 is 12.1. The Morgan fingerprint density at radius 1 is 1.03 bits per heavy atom. The molecule has 1 N–H and O–H groups in total. The van der Waals surface area contributed by atoms with E-state index in [1.165, 1.54) is 0 Å². The van der Waals surface area contributed by atoms with Crippen LogP contribution in [0.3, 0.4) is 0 Å². The first-order valence-electron chi connectivity index (χ1n) is 12.6. The molecule has 1 unspecified atom stereocenters. The first-order valence-corrected chi connectivity index (χ1v) is 13.4. The molecule has 2 saturated heterocycles. The number of Topliss-reactive ketones (excluding diaryl/α,β-unsaturated/α-hetero) is 1. The number of hydrogen-bond acceptors (Lipinski definition) is 6. The highest BCUT2D eigenvalue weighted by Gasteiger charge is 2.45. The molecule has 1 amide bonds. The number of rotatable bonds is 10. The predicted octanol–water partition coefficient (Wildman–Crippen LogP) is 4.77. The van der Waals surface area contributed by atoms with Gasteiger partial charge in [0, 0.05) is 36.2 Å². The number of ether oxygens (including phenoxy) is 2. The van der Waals surface area contributed by atoms with E-state index >= 15 is 0 Å². The second kappa shape index (κ2) is 12.5. The number of halogens is 1. The lowest BCUT2D eigenvalue weighted by molar-refractivity contribution is -0.140. The molecule has 8 heteroatoms. The first kappa shape index (κ1) is 26.4. The molecule has 0 aliphatic carbocycles. The van der Waals surface area contributed by atoms with Crippen LogP contribution >= 0.6 is 15.9 Å². The van der Waals surface area contributed by atoms with Crippen molar-refractivity contribution < 1.29 is 24.2 Å². The van der Waals surface area contributed by atoms with Crippen molar-refractivity contribution in [3.05, 3.63) is 69.7 Å². The Kier molecular flexibility index (Phi) is 9.18. The van der Waals surface area contributed by atoms with Gasteiger partial charge in [-0.2, -0.15) is 0 Å². The second-order valence-corrected chi connectivity index (χ2v) is 9.99. The maximum atomic E-state index is 13.2. The van der Waals surface area contributed by atoms with Crippen molar-refractivity contribution >= 4 is 33.4 Å². The number of ketones is 1. The molecular formula is C28H33BrN2O5. The maximum absolute atomic E-state index is 13.2. The summed E-state index contributed by atoms with van der Waals surface area (Å²) in [7, 11) is 0. The molecule has 2 aliphatic rings. The molecule has 0 radical (unpaired) electrons. The molecule has 192 valence electrons. The van der Waals surface area contributed by atoms with Gasteiger partial charge in [0.25, 0.3) is 11.7 Å². The number of hydrogen-bond donors (Lipinski definition) is 1. The third kappa shape index (κ3) is 6.17. The van der Waals surface area contributed by atoms with Crippen molar-refractivity contribution in [2.24, 2.45) is 0 Å². The Labute approximate surface area is 220 Å². The summed E-state index contributed by atoms with van der Waals surface area (Å²) >= 11 is 3.40. The Bertz CT molecular complexity index is 1080. The van der Waals surface area contributed by atoms with Crippen LogP contribution < -0.4 is 4.74 Å². The summed E-state index contributed by atoms with van der Waals surface area (Å²) in [6, 6.07) is 13.9. The Morgan fingerprint density at radius 2 is 1.72 bits per heavy atom. The fraction of sp³-hybridized carbons (Fsp3) is 0.429. The number of unbranched alkanes of at least 4 members (excludes halogenated alkanes) is 1. The van der Waals surface area contributed by atoms with Crippen molar-refractivity contribution in [1.29, 1.82) is 0 Å². The van der Waals surface area contributed by atoms with E-state index < -0.39 is 17.7 Å². The molecule has 2 aromatic carbocycles. The molecule has 0 aromatic heterocycles. The normalized spacial score (nSPS) is 20.2. The van der Waals surface area contributed by atoms with E-state index in [9.17, 15) is 14.7 Å². The Morgan fingerprint density at radius 3 is 2.39 bits per heavy atom. The first-order chi connectivity index (χ1) is 17.5. The number of amides is 1. The molecule has 2 aliphatic heterocycles. The van der Waals surface area contributed by atoms with Crippen LogP contribution in [0.15, 0.2) is 58.6 Å². The minimum Gasteiger partial charge on any atom is -0.507 e. The van der Waals surface area contributed by atoms with Crippen LogP contribution in [0.1, 0.15) is 43.4 Å². The van der Waals surface area contributed by atoms with E-state index in [1.807, 2.05) is 24.3 Å². The third-order valence-electron chi connectivity index (χ3n) is 6.60. The highest BCUT2D eigenvalue weighted by molar-refractivity contribution is 9.10. The monoisotopic (exact) mass is 556 g/mol. The van der Waals surface area contributed by atoms with Gasteiger partial charge in [-0.1, -0.05) is 53.5 Å². The largest absolute Gasteiger partial charge is 0.507 e. The molecular weight excluding hydrogens is 524 g/mol. The third-order valence-corrected chi connectivity index (χ3v) is 7.13. The van der Waals surface area contributed by atoms with Crippen LogP contribution in [0.2, 0.25) is 0 Å². The van der Waals surface area contributed by atoms with Gasteiger partial charge in [0.15, 0.2) is 0 Å². The molecule has 7 nitrogen and oxygen atoms in total. The number of benzene rings is 2. The number of likely N-dealkylation sites (tertiary alicyclic amines) is 1. The number of nitrogens with zero attached hydrogens (tertiary/aromatic N) is 2. The van der Waals surface area contributed by atoms with Gasteiger partial charge in [-0.25, -0.2) is 0 Å². The molecule has 1 atom stereocenters. The zero-order valence-corrected chi connectivity index (χ0v) is 22.2. The highest BCUT2D eigenvalue weighted by Crippen LogP contribution is 2.40. The van der Waals surface area contributed by atoms with E-state index in [4.69, 9.17) is 9.47 Å². The molecule has 0 saturated carbocycles. The van der Waals surface area contributed by atoms with Crippen molar-refractivity contribution in [1.82, 2.24) is 9.80 Å². The molecule has 0 spiro atoms. The zero-order chi connectivity index (χ0) is 25.5. The van der Waals surface area contributed by atoms with E-state index in [0.717, 1.165) is 54.7 Å². The number of carbonyl (C=O) groups excluding carboxylic acids is 2. The SMILES string of the molecule is CCCCOc1ccc(C2C(=C(O)c3ccc(Br)cc3)C(=O)C(=O)N2CCCN2CCOCC2)cc1. The van der Waals surface area contributed by atoms with Gasteiger partial charge in [0.05, 0.1) is 31.4 Å². The van der Waals surface area contributed by atoms with E-state index in [0.29, 0.717) is 31.9 Å². The highest BCUT2D eigenvalue weighted by atomic mass is 79.9. The van der Waals surface area contributed by atoms with E-state index in [2.05, 4.69) is 27.8 Å².